The number of nitrogens with one attached hydrogen (secondary N) is 2. The van der Waals surface area contributed by atoms with Gasteiger partial charge in [0.15, 0.2) is 0 Å². The smallest absolute Gasteiger partial charge is 0.328 e. The summed E-state index contributed by atoms with van der Waals surface area (Å²) in [6.07, 6.45) is 1.07. The summed E-state index contributed by atoms with van der Waals surface area (Å²) in [6, 6.07) is 6.58. The molecule has 0 spiro atoms. The average molecular weight is 788 g/mol. The minimum atomic E-state index is -0.891. The van der Waals surface area contributed by atoms with E-state index in [9.17, 15) is 24.0 Å². The van der Waals surface area contributed by atoms with Crippen LogP contribution in [0.5, 0.6) is 0 Å². The largest absolute Gasteiger partial charge is 0.467 e. The summed E-state index contributed by atoms with van der Waals surface area (Å²) in [4.78, 5) is 74.2. The van der Waals surface area contributed by atoms with Crippen molar-refractivity contribution >= 4 is 29.6 Å². The zero-order chi connectivity index (χ0) is 42.4. The fraction of sp³-hybridized carbons (Fsp3) is 0.744. The van der Waals surface area contributed by atoms with Crippen molar-refractivity contribution in [2.24, 2.45) is 23.7 Å². The SMILES string of the molecule is CCC(C)C(C(CC(=O)N1CCCC1C(OC)C(C)C(=O)NC(Cc1ccccc1)C(=O)OC)OC)N(C)C(=O)[C@@H](NC(=O)C(C(C)C)N(C)C(C)C)C(C)C. The number of amides is 4. The maximum absolute atomic E-state index is 14.4. The van der Waals surface area contributed by atoms with Gasteiger partial charge in [-0.2, -0.15) is 0 Å². The van der Waals surface area contributed by atoms with Crippen molar-refractivity contribution in [1.29, 1.82) is 0 Å². The van der Waals surface area contributed by atoms with E-state index in [0.29, 0.717) is 13.0 Å². The van der Waals surface area contributed by atoms with Gasteiger partial charge in [0.05, 0.1) is 49.8 Å². The second-order valence-corrected chi connectivity index (χ2v) is 16.5. The molecule has 9 atom stereocenters. The first-order valence-corrected chi connectivity index (χ1v) is 20.4. The topological polar surface area (TPSA) is 147 Å². The van der Waals surface area contributed by atoms with Crippen LogP contribution in [0.2, 0.25) is 0 Å². The molecule has 0 aliphatic carbocycles. The summed E-state index contributed by atoms with van der Waals surface area (Å²) in [5.74, 6) is -2.42. The predicted molar refractivity (Wildman–Crippen MR) is 219 cm³/mol. The molecule has 1 aliphatic rings. The first kappa shape index (κ1) is 48.6. The first-order chi connectivity index (χ1) is 26.4. The molecule has 56 heavy (non-hydrogen) atoms. The first-order valence-electron chi connectivity index (χ1n) is 20.4. The molecule has 13 heteroatoms. The van der Waals surface area contributed by atoms with Crippen molar-refractivity contribution in [3.63, 3.8) is 0 Å². The molecule has 2 N–H and O–H groups in total. The number of ether oxygens (including phenoxy) is 3. The molecular formula is C43H73N5O8. The highest BCUT2D eigenvalue weighted by molar-refractivity contribution is 5.90. The Morgan fingerprint density at radius 1 is 0.857 bits per heavy atom. The number of carbonyl (C=O) groups excluding carboxylic acids is 5. The molecule has 1 aromatic carbocycles. The number of hydrogen-bond donors (Lipinski definition) is 2. The van der Waals surface area contributed by atoms with Crippen molar-refractivity contribution < 1.29 is 38.2 Å². The number of likely N-dealkylation sites (N-methyl/N-ethyl adjacent to an activating group) is 2. The number of carbonyl (C=O) groups is 5. The van der Waals surface area contributed by atoms with Crippen LogP contribution in [0.4, 0.5) is 0 Å². The van der Waals surface area contributed by atoms with Gasteiger partial charge in [0.1, 0.15) is 12.1 Å². The third kappa shape index (κ3) is 12.7. The molecule has 1 saturated heterocycles. The van der Waals surface area contributed by atoms with Gasteiger partial charge in [0.2, 0.25) is 23.6 Å². The molecule has 1 aliphatic heterocycles. The van der Waals surface area contributed by atoms with Gasteiger partial charge >= 0.3 is 5.97 Å². The maximum atomic E-state index is 14.4. The molecular weight excluding hydrogens is 714 g/mol. The molecule has 318 valence electrons. The third-order valence-corrected chi connectivity index (χ3v) is 11.7. The number of benzene rings is 1. The van der Waals surface area contributed by atoms with E-state index in [1.165, 1.54) is 14.2 Å². The lowest BCUT2D eigenvalue weighted by Gasteiger charge is -2.41. The average Bonchev–Trinajstić information content (AvgIpc) is 3.65. The molecule has 4 amide bonds. The Labute approximate surface area is 336 Å². The van der Waals surface area contributed by atoms with Crippen LogP contribution in [0.15, 0.2) is 30.3 Å². The van der Waals surface area contributed by atoms with Crippen LogP contribution in [-0.4, -0.2) is 135 Å². The summed E-state index contributed by atoms with van der Waals surface area (Å²) in [5.41, 5.74) is 0.876. The van der Waals surface area contributed by atoms with E-state index < -0.39 is 54.3 Å². The minimum absolute atomic E-state index is 0.00540. The number of methoxy groups -OCH3 is 3. The molecule has 13 nitrogen and oxygen atoms in total. The van der Waals surface area contributed by atoms with Gasteiger partial charge < -0.3 is 34.6 Å². The van der Waals surface area contributed by atoms with Crippen LogP contribution in [0.3, 0.4) is 0 Å². The van der Waals surface area contributed by atoms with Crippen LogP contribution in [0, 0.1) is 23.7 Å². The molecule has 1 aromatic rings. The van der Waals surface area contributed by atoms with Crippen molar-refractivity contribution in [2.75, 3.05) is 42.0 Å². The minimum Gasteiger partial charge on any atom is -0.467 e. The Hall–Kier alpha value is -3.55. The Kier molecular flexibility index (Phi) is 20.0. The van der Waals surface area contributed by atoms with E-state index in [4.69, 9.17) is 14.2 Å². The predicted octanol–water partition coefficient (Wildman–Crippen LogP) is 4.31. The van der Waals surface area contributed by atoms with Crippen molar-refractivity contribution in [3.05, 3.63) is 35.9 Å². The van der Waals surface area contributed by atoms with E-state index >= 15 is 0 Å². The van der Waals surface area contributed by atoms with E-state index in [1.54, 1.807) is 30.9 Å². The van der Waals surface area contributed by atoms with Crippen LogP contribution in [0.1, 0.15) is 93.6 Å². The molecule has 1 heterocycles. The van der Waals surface area contributed by atoms with E-state index in [1.807, 2.05) is 97.7 Å². The van der Waals surface area contributed by atoms with Crippen molar-refractivity contribution in [2.45, 2.75) is 143 Å². The van der Waals surface area contributed by atoms with Crippen LogP contribution >= 0.6 is 0 Å². The van der Waals surface area contributed by atoms with Gasteiger partial charge in [0, 0.05) is 40.3 Å². The van der Waals surface area contributed by atoms with Gasteiger partial charge in [-0.15, -0.1) is 0 Å². The Bertz CT molecular complexity index is 1410. The van der Waals surface area contributed by atoms with Gasteiger partial charge in [0.25, 0.3) is 0 Å². The second kappa shape index (κ2) is 23.0. The lowest BCUT2D eigenvalue weighted by Crippen LogP contribution is -2.60. The molecule has 0 bridgehead atoms. The quantitative estimate of drug-likeness (QED) is 0.164. The zero-order valence-electron chi connectivity index (χ0n) is 36.7. The van der Waals surface area contributed by atoms with Crippen molar-refractivity contribution in [1.82, 2.24) is 25.3 Å². The van der Waals surface area contributed by atoms with Crippen LogP contribution in [0.25, 0.3) is 0 Å². The Morgan fingerprint density at radius 3 is 1.98 bits per heavy atom. The van der Waals surface area contributed by atoms with Gasteiger partial charge in [-0.05, 0) is 57.1 Å². The lowest BCUT2D eigenvalue weighted by molar-refractivity contribution is -0.149. The summed E-state index contributed by atoms with van der Waals surface area (Å²) >= 11 is 0. The van der Waals surface area contributed by atoms with Gasteiger partial charge in [-0.25, -0.2) is 4.79 Å². The highest BCUT2D eigenvalue weighted by Crippen LogP contribution is 2.30. The van der Waals surface area contributed by atoms with Crippen molar-refractivity contribution in [3.8, 4) is 0 Å². The summed E-state index contributed by atoms with van der Waals surface area (Å²) in [7, 11) is 8.04. The molecule has 1 fully saturated rings. The number of rotatable bonds is 22. The van der Waals surface area contributed by atoms with E-state index in [2.05, 4.69) is 10.6 Å². The lowest BCUT2D eigenvalue weighted by atomic mass is 9.89. The summed E-state index contributed by atoms with van der Waals surface area (Å²) < 4.78 is 17.0. The second-order valence-electron chi connectivity index (χ2n) is 16.5. The zero-order valence-corrected chi connectivity index (χ0v) is 36.7. The van der Waals surface area contributed by atoms with Gasteiger partial charge in [-0.1, -0.05) is 85.2 Å². The molecule has 8 unspecified atom stereocenters. The highest BCUT2D eigenvalue weighted by atomic mass is 16.5. The van der Waals surface area contributed by atoms with E-state index in [0.717, 1.165) is 18.4 Å². The Morgan fingerprint density at radius 2 is 1.48 bits per heavy atom. The maximum Gasteiger partial charge on any atom is 0.328 e. The molecule has 2 rings (SSSR count). The standard InChI is InChI=1S/C43H73N5O8/c1-15-29(8)38(47(11)42(52)36(26(2)3)45-41(51)37(27(4)5)46(10)28(6)7)34(54-12)25-35(49)48-23-19-22-33(48)39(55-13)30(9)40(50)44-32(43(53)56-14)24-31-20-17-16-18-21-31/h16-18,20-21,26-30,32-34,36-39H,15,19,22-25H2,1-14H3,(H,44,50)(H,45,51)/t29?,30?,32?,33?,34?,36-,37?,38?,39?/m0/s1. The fourth-order valence-electron chi connectivity index (χ4n) is 8.05. The fourth-order valence-corrected chi connectivity index (χ4v) is 8.05. The summed E-state index contributed by atoms with van der Waals surface area (Å²) in [6.45, 7) is 18.2. The number of nitrogens with zero attached hydrogens (tertiary/aromatic N) is 3. The molecule has 0 radical (unpaired) electrons. The number of likely N-dealkylation sites (tertiary alicyclic amines) is 1. The third-order valence-electron chi connectivity index (χ3n) is 11.7. The van der Waals surface area contributed by atoms with Gasteiger partial charge in [-0.3, -0.25) is 24.1 Å². The highest BCUT2D eigenvalue weighted by Gasteiger charge is 2.43. The van der Waals surface area contributed by atoms with Crippen LogP contribution < -0.4 is 10.6 Å². The number of esters is 1. The molecule has 0 saturated carbocycles. The number of hydrogen-bond acceptors (Lipinski definition) is 9. The summed E-state index contributed by atoms with van der Waals surface area (Å²) in [5, 5.41) is 5.95. The molecule has 0 aromatic heterocycles. The Balaban J connectivity index is 2.30. The van der Waals surface area contributed by atoms with Crippen LogP contribution in [-0.2, 0) is 44.6 Å². The monoisotopic (exact) mass is 788 g/mol. The normalized spacial score (nSPS) is 18.9. The van der Waals surface area contributed by atoms with E-state index in [-0.39, 0.29) is 60.3 Å².